The molecule has 0 fully saturated rings. The molecule has 0 heterocycles. The second-order valence-electron chi connectivity index (χ2n) is 3.65. The van der Waals surface area contributed by atoms with E-state index in [1.54, 1.807) is 6.08 Å². The number of benzene rings is 2. The van der Waals surface area contributed by atoms with Crippen LogP contribution < -0.4 is 0 Å². The summed E-state index contributed by atoms with van der Waals surface area (Å²) in [6.45, 7) is 0.0874. The van der Waals surface area contributed by atoms with Crippen LogP contribution in [0.5, 0.6) is 0 Å². The van der Waals surface area contributed by atoms with E-state index in [4.69, 9.17) is 10.2 Å². The third kappa shape index (κ3) is 2.13. The first kappa shape index (κ1) is 10.9. The van der Waals surface area contributed by atoms with Crippen molar-refractivity contribution < 1.29 is 10.2 Å². The van der Waals surface area contributed by atoms with Crippen LogP contribution >= 0.6 is 0 Å². The van der Waals surface area contributed by atoms with Gasteiger partial charge in [0.1, 0.15) is 0 Å². The van der Waals surface area contributed by atoms with E-state index in [0.717, 1.165) is 21.9 Å². The fourth-order valence-electron chi connectivity index (χ4n) is 1.77. The second kappa shape index (κ2) is 4.92. The van der Waals surface area contributed by atoms with Gasteiger partial charge >= 0.3 is 0 Å². The Balaban J connectivity index is 2.59. The molecule has 2 heteroatoms. The average molecular weight is 214 g/mol. The molecule has 2 aromatic rings. The van der Waals surface area contributed by atoms with Crippen LogP contribution in [-0.2, 0) is 6.61 Å². The number of hydrogen-bond acceptors (Lipinski definition) is 2. The van der Waals surface area contributed by atoms with E-state index in [1.165, 1.54) is 0 Å². The van der Waals surface area contributed by atoms with Crippen molar-refractivity contribution in [1.29, 1.82) is 0 Å². The summed E-state index contributed by atoms with van der Waals surface area (Å²) in [4.78, 5) is 0. The van der Waals surface area contributed by atoms with Gasteiger partial charge < -0.3 is 10.2 Å². The molecular weight excluding hydrogens is 200 g/mol. The van der Waals surface area contributed by atoms with Gasteiger partial charge in [0, 0.05) is 0 Å². The smallest absolute Gasteiger partial charge is 0.0682 e. The van der Waals surface area contributed by atoms with Crippen molar-refractivity contribution >= 4 is 16.8 Å². The van der Waals surface area contributed by atoms with Crippen molar-refractivity contribution in [2.45, 2.75) is 6.61 Å². The largest absolute Gasteiger partial charge is 0.392 e. The number of fused-ring (bicyclic) bond motifs is 1. The zero-order valence-electron chi connectivity index (χ0n) is 8.93. The van der Waals surface area contributed by atoms with Crippen molar-refractivity contribution in [3.05, 3.63) is 53.6 Å². The van der Waals surface area contributed by atoms with Crippen LogP contribution in [0.25, 0.3) is 16.8 Å². The number of hydrogen-bond donors (Lipinski definition) is 2. The molecule has 2 rings (SSSR count). The SMILES string of the molecule is OCC=Cc1cccc2ccc(CO)cc12. The summed E-state index contributed by atoms with van der Waals surface area (Å²) in [5.74, 6) is 0. The summed E-state index contributed by atoms with van der Waals surface area (Å²) in [6, 6.07) is 11.9. The molecule has 0 aliphatic carbocycles. The van der Waals surface area contributed by atoms with Crippen molar-refractivity contribution in [2.75, 3.05) is 6.61 Å². The third-order valence-electron chi connectivity index (χ3n) is 2.57. The minimum absolute atomic E-state index is 0.0378. The van der Waals surface area contributed by atoms with Gasteiger partial charge in [0.25, 0.3) is 0 Å². The van der Waals surface area contributed by atoms with Gasteiger partial charge in [-0.3, -0.25) is 0 Å². The van der Waals surface area contributed by atoms with Crippen molar-refractivity contribution in [2.24, 2.45) is 0 Å². The van der Waals surface area contributed by atoms with Gasteiger partial charge in [-0.2, -0.15) is 0 Å². The highest BCUT2D eigenvalue weighted by molar-refractivity contribution is 5.91. The van der Waals surface area contributed by atoms with E-state index in [9.17, 15) is 0 Å². The molecule has 0 unspecified atom stereocenters. The predicted octanol–water partition coefficient (Wildman–Crippen LogP) is 2.34. The highest BCUT2D eigenvalue weighted by Crippen LogP contribution is 2.21. The normalized spacial score (nSPS) is 11.4. The van der Waals surface area contributed by atoms with E-state index in [0.29, 0.717) is 0 Å². The minimum Gasteiger partial charge on any atom is -0.392 e. The zero-order valence-corrected chi connectivity index (χ0v) is 8.93. The molecule has 16 heavy (non-hydrogen) atoms. The van der Waals surface area contributed by atoms with Crippen LogP contribution in [0.15, 0.2) is 42.5 Å². The minimum atomic E-state index is 0.0378. The molecule has 0 aromatic heterocycles. The van der Waals surface area contributed by atoms with Crippen molar-refractivity contribution in [1.82, 2.24) is 0 Å². The molecule has 0 bridgehead atoms. The fourth-order valence-corrected chi connectivity index (χ4v) is 1.77. The molecule has 0 atom stereocenters. The summed E-state index contributed by atoms with van der Waals surface area (Å²) in [5.41, 5.74) is 1.96. The molecule has 0 saturated carbocycles. The second-order valence-corrected chi connectivity index (χ2v) is 3.65. The van der Waals surface area contributed by atoms with Gasteiger partial charge in [-0.05, 0) is 28.0 Å². The van der Waals surface area contributed by atoms with Crippen LogP contribution in [0.2, 0.25) is 0 Å². The zero-order chi connectivity index (χ0) is 11.4. The quantitative estimate of drug-likeness (QED) is 0.823. The van der Waals surface area contributed by atoms with Gasteiger partial charge in [0.05, 0.1) is 13.2 Å². The monoisotopic (exact) mass is 214 g/mol. The maximum absolute atomic E-state index is 9.11. The maximum Gasteiger partial charge on any atom is 0.0682 e. The van der Waals surface area contributed by atoms with E-state index < -0.39 is 0 Å². The molecule has 0 saturated heterocycles. The third-order valence-corrected chi connectivity index (χ3v) is 2.57. The molecule has 2 N–H and O–H groups in total. The van der Waals surface area contributed by atoms with Gasteiger partial charge in [-0.15, -0.1) is 0 Å². The van der Waals surface area contributed by atoms with E-state index in [1.807, 2.05) is 42.5 Å². The summed E-state index contributed by atoms with van der Waals surface area (Å²) in [5, 5.41) is 20.1. The lowest BCUT2D eigenvalue weighted by atomic mass is 10.0. The Morgan fingerprint density at radius 1 is 1.06 bits per heavy atom. The number of aliphatic hydroxyl groups is 2. The van der Waals surface area contributed by atoms with Gasteiger partial charge in [0.15, 0.2) is 0 Å². The molecule has 0 aliphatic rings. The average Bonchev–Trinajstić information content (AvgIpc) is 2.35. The fraction of sp³-hybridized carbons (Fsp3) is 0.143. The molecule has 0 aliphatic heterocycles. The van der Waals surface area contributed by atoms with Crippen LogP contribution in [0, 0.1) is 0 Å². The Morgan fingerprint density at radius 2 is 1.94 bits per heavy atom. The summed E-state index contributed by atoms with van der Waals surface area (Å²) in [6.07, 6.45) is 3.60. The Morgan fingerprint density at radius 3 is 2.69 bits per heavy atom. The van der Waals surface area contributed by atoms with Crippen LogP contribution in [0.3, 0.4) is 0 Å². The molecule has 82 valence electrons. The molecule has 2 aromatic carbocycles. The molecule has 0 radical (unpaired) electrons. The Bertz CT molecular complexity index is 515. The number of aliphatic hydroxyl groups excluding tert-OH is 2. The number of rotatable bonds is 3. The molecular formula is C14H14O2. The lowest BCUT2D eigenvalue weighted by Crippen LogP contribution is -1.85. The van der Waals surface area contributed by atoms with E-state index in [-0.39, 0.29) is 13.2 Å². The lowest BCUT2D eigenvalue weighted by molar-refractivity contribution is 0.282. The maximum atomic E-state index is 9.11. The predicted molar refractivity (Wildman–Crippen MR) is 66.0 cm³/mol. The molecule has 0 spiro atoms. The van der Waals surface area contributed by atoms with Crippen LogP contribution in [-0.4, -0.2) is 16.8 Å². The Labute approximate surface area is 94.5 Å². The van der Waals surface area contributed by atoms with Gasteiger partial charge in [-0.25, -0.2) is 0 Å². The standard InChI is InChI=1S/C14H14O2/c15-8-2-5-12-3-1-4-13-7-6-11(10-16)9-14(12)13/h1-7,9,15-16H,8,10H2. The Hall–Kier alpha value is -1.64. The summed E-state index contributed by atoms with van der Waals surface area (Å²) >= 11 is 0. The molecule has 2 nitrogen and oxygen atoms in total. The van der Waals surface area contributed by atoms with E-state index in [2.05, 4.69) is 0 Å². The highest BCUT2D eigenvalue weighted by Gasteiger charge is 1.99. The summed E-state index contributed by atoms with van der Waals surface area (Å²) < 4.78 is 0. The first-order chi connectivity index (χ1) is 7.85. The van der Waals surface area contributed by atoms with Crippen molar-refractivity contribution in [3.8, 4) is 0 Å². The van der Waals surface area contributed by atoms with Gasteiger partial charge in [-0.1, -0.05) is 42.5 Å². The highest BCUT2D eigenvalue weighted by atomic mass is 16.3. The van der Waals surface area contributed by atoms with Crippen LogP contribution in [0.1, 0.15) is 11.1 Å². The first-order valence-corrected chi connectivity index (χ1v) is 5.25. The topological polar surface area (TPSA) is 40.5 Å². The first-order valence-electron chi connectivity index (χ1n) is 5.25. The molecule has 0 amide bonds. The Kier molecular flexibility index (Phi) is 3.34. The summed E-state index contributed by atoms with van der Waals surface area (Å²) in [7, 11) is 0. The van der Waals surface area contributed by atoms with Crippen molar-refractivity contribution in [3.63, 3.8) is 0 Å². The van der Waals surface area contributed by atoms with Gasteiger partial charge in [0.2, 0.25) is 0 Å². The van der Waals surface area contributed by atoms with Crippen LogP contribution in [0.4, 0.5) is 0 Å². The lowest BCUT2D eigenvalue weighted by Gasteiger charge is -2.04. The van der Waals surface area contributed by atoms with E-state index >= 15 is 0 Å².